The topological polar surface area (TPSA) is 20.2 Å². The molecular weight excluding hydrogens is 299 g/mol. The lowest BCUT2D eigenvalue weighted by molar-refractivity contribution is 0.173. The van der Waals surface area contributed by atoms with Crippen LogP contribution in [0.2, 0.25) is 10.0 Å². The second kappa shape index (κ2) is 6.67. The minimum atomic E-state index is -0.385. The summed E-state index contributed by atoms with van der Waals surface area (Å²) in [7, 11) is 0. The molecule has 0 bridgehead atoms. The first-order valence-electron chi connectivity index (χ1n) is 6.01. The number of aliphatic hydroxyl groups excluding tert-OH is 1. The van der Waals surface area contributed by atoms with Gasteiger partial charge < -0.3 is 5.11 Å². The van der Waals surface area contributed by atoms with E-state index < -0.39 is 0 Å². The molecule has 0 aliphatic rings. The van der Waals surface area contributed by atoms with Crippen molar-refractivity contribution < 1.29 is 5.11 Å². The van der Waals surface area contributed by atoms with Gasteiger partial charge in [0.15, 0.2) is 0 Å². The molecule has 0 heterocycles. The van der Waals surface area contributed by atoms with Crippen LogP contribution in [0.15, 0.2) is 52.3 Å². The van der Waals surface area contributed by atoms with E-state index in [0.717, 1.165) is 21.8 Å². The van der Waals surface area contributed by atoms with Crippen molar-refractivity contribution >= 4 is 35.0 Å². The third-order valence-corrected chi connectivity index (χ3v) is 4.51. The summed E-state index contributed by atoms with van der Waals surface area (Å²) in [5.41, 5.74) is 0.945. The zero-order chi connectivity index (χ0) is 13.8. The molecule has 0 radical (unpaired) electrons. The van der Waals surface area contributed by atoms with Crippen molar-refractivity contribution in [2.45, 2.75) is 29.2 Å². The van der Waals surface area contributed by atoms with Gasteiger partial charge in [-0.15, -0.1) is 0 Å². The Labute approximate surface area is 127 Å². The lowest BCUT2D eigenvalue weighted by Gasteiger charge is -2.09. The zero-order valence-electron chi connectivity index (χ0n) is 10.4. The summed E-state index contributed by atoms with van der Waals surface area (Å²) in [6, 6.07) is 13.5. The van der Waals surface area contributed by atoms with Gasteiger partial charge in [-0.3, -0.25) is 0 Å². The largest absolute Gasteiger partial charge is 0.388 e. The number of hydrogen-bond acceptors (Lipinski definition) is 2. The van der Waals surface area contributed by atoms with E-state index in [9.17, 15) is 5.11 Å². The van der Waals surface area contributed by atoms with Crippen LogP contribution in [-0.4, -0.2) is 5.11 Å². The first kappa shape index (κ1) is 14.7. The summed E-state index contributed by atoms with van der Waals surface area (Å²) < 4.78 is 0. The molecule has 0 saturated heterocycles. The molecule has 4 heteroatoms. The van der Waals surface area contributed by atoms with Crippen LogP contribution in [0.25, 0.3) is 0 Å². The van der Waals surface area contributed by atoms with Crippen molar-refractivity contribution in [1.29, 1.82) is 0 Å². The zero-order valence-corrected chi connectivity index (χ0v) is 12.8. The first-order valence-corrected chi connectivity index (χ1v) is 7.58. The molecule has 0 amide bonds. The Hall–Kier alpha value is -0.670. The normalized spacial score (nSPS) is 12.4. The minimum absolute atomic E-state index is 0.385. The predicted octanol–water partition coefficient (Wildman–Crippen LogP) is 5.59. The van der Waals surface area contributed by atoms with Crippen molar-refractivity contribution in [3.05, 3.63) is 58.1 Å². The van der Waals surface area contributed by atoms with Crippen LogP contribution in [0.5, 0.6) is 0 Å². The number of halogens is 2. The molecule has 0 saturated carbocycles. The number of aliphatic hydroxyl groups is 1. The Balaban J connectivity index is 2.12. The Kier molecular flexibility index (Phi) is 5.17. The molecule has 100 valence electrons. The van der Waals surface area contributed by atoms with Gasteiger partial charge in [0.25, 0.3) is 0 Å². The van der Waals surface area contributed by atoms with Gasteiger partial charge in [-0.2, -0.15) is 0 Å². The second-order valence-electron chi connectivity index (χ2n) is 4.17. The molecule has 0 aliphatic heterocycles. The van der Waals surface area contributed by atoms with Gasteiger partial charge in [0, 0.05) is 9.79 Å². The molecule has 1 N–H and O–H groups in total. The average molecular weight is 313 g/mol. The van der Waals surface area contributed by atoms with Crippen LogP contribution in [0, 0.1) is 0 Å². The molecule has 1 atom stereocenters. The fourth-order valence-corrected chi connectivity index (χ4v) is 2.89. The Morgan fingerprint density at radius 1 is 1.00 bits per heavy atom. The highest BCUT2D eigenvalue weighted by Gasteiger charge is 2.05. The molecular formula is C15H14Cl2OS. The standard InChI is InChI=1S/C15H14Cl2OS/c1-2-15(18)10-3-5-11(6-4-10)19-12-7-8-13(16)14(17)9-12/h3-9,15,18H,2H2,1H3. The van der Waals surface area contributed by atoms with Crippen molar-refractivity contribution in [2.75, 3.05) is 0 Å². The van der Waals surface area contributed by atoms with E-state index in [4.69, 9.17) is 23.2 Å². The molecule has 2 aromatic carbocycles. The van der Waals surface area contributed by atoms with E-state index in [-0.39, 0.29) is 6.10 Å². The molecule has 1 nitrogen and oxygen atoms in total. The molecule has 2 aromatic rings. The second-order valence-corrected chi connectivity index (χ2v) is 6.13. The van der Waals surface area contributed by atoms with E-state index in [1.54, 1.807) is 17.8 Å². The molecule has 19 heavy (non-hydrogen) atoms. The van der Waals surface area contributed by atoms with Crippen molar-refractivity contribution in [2.24, 2.45) is 0 Å². The van der Waals surface area contributed by atoms with Gasteiger partial charge in [0.1, 0.15) is 0 Å². The maximum absolute atomic E-state index is 9.74. The third-order valence-electron chi connectivity index (χ3n) is 2.78. The first-order chi connectivity index (χ1) is 9.10. The summed E-state index contributed by atoms with van der Waals surface area (Å²) in [6.07, 6.45) is 0.336. The van der Waals surface area contributed by atoms with Gasteiger partial charge >= 0.3 is 0 Å². The SMILES string of the molecule is CCC(O)c1ccc(Sc2ccc(Cl)c(Cl)c2)cc1. The van der Waals surface area contributed by atoms with E-state index in [2.05, 4.69) is 0 Å². The summed E-state index contributed by atoms with van der Waals surface area (Å²) in [5, 5.41) is 10.9. The number of rotatable bonds is 4. The Bertz CT molecular complexity index is 555. The van der Waals surface area contributed by atoms with E-state index in [1.165, 1.54) is 0 Å². The fraction of sp³-hybridized carbons (Fsp3) is 0.200. The smallest absolute Gasteiger partial charge is 0.0787 e. The molecule has 0 fully saturated rings. The monoisotopic (exact) mass is 312 g/mol. The van der Waals surface area contributed by atoms with Gasteiger partial charge in [0.2, 0.25) is 0 Å². The van der Waals surface area contributed by atoms with Crippen LogP contribution in [0.3, 0.4) is 0 Å². The van der Waals surface area contributed by atoms with E-state index in [0.29, 0.717) is 10.0 Å². The van der Waals surface area contributed by atoms with Crippen molar-refractivity contribution in [3.63, 3.8) is 0 Å². The maximum atomic E-state index is 9.74. The van der Waals surface area contributed by atoms with Crippen LogP contribution in [0.1, 0.15) is 25.0 Å². The van der Waals surface area contributed by atoms with Crippen LogP contribution in [0.4, 0.5) is 0 Å². The average Bonchev–Trinajstić information content (AvgIpc) is 2.43. The Morgan fingerprint density at radius 3 is 2.21 bits per heavy atom. The fourth-order valence-electron chi connectivity index (χ4n) is 1.67. The number of hydrogen-bond donors (Lipinski definition) is 1. The highest BCUT2D eigenvalue weighted by atomic mass is 35.5. The van der Waals surface area contributed by atoms with Crippen molar-refractivity contribution in [3.8, 4) is 0 Å². The predicted molar refractivity (Wildman–Crippen MR) is 82.3 cm³/mol. The molecule has 0 spiro atoms. The highest BCUT2D eigenvalue weighted by Crippen LogP contribution is 2.33. The summed E-state index contributed by atoms with van der Waals surface area (Å²) >= 11 is 13.5. The van der Waals surface area contributed by atoms with Gasteiger partial charge in [0.05, 0.1) is 16.1 Å². The van der Waals surface area contributed by atoms with Gasteiger partial charge in [-0.05, 0) is 42.3 Å². The van der Waals surface area contributed by atoms with Crippen molar-refractivity contribution in [1.82, 2.24) is 0 Å². The highest BCUT2D eigenvalue weighted by molar-refractivity contribution is 7.99. The van der Waals surface area contributed by atoms with Gasteiger partial charge in [-0.1, -0.05) is 54.0 Å². The summed E-state index contributed by atoms with van der Waals surface area (Å²) in [6.45, 7) is 1.96. The van der Waals surface area contributed by atoms with E-state index in [1.807, 2.05) is 43.3 Å². The summed E-state index contributed by atoms with van der Waals surface area (Å²) in [5.74, 6) is 0. The Morgan fingerprint density at radius 2 is 1.63 bits per heavy atom. The van der Waals surface area contributed by atoms with Crippen LogP contribution in [-0.2, 0) is 0 Å². The third kappa shape index (κ3) is 3.90. The minimum Gasteiger partial charge on any atom is -0.388 e. The lowest BCUT2D eigenvalue weighted by atomic mass is 10.1. The summed E-state index contributed by atoms with van der Waals surface area (Å²) in [4.78, 5) is 2.14. The lowest BCUT2D eigenvalue weighted by Crippen LogP contribution is -1.93. The molecule has 0 aromatic heterocycles. The quantitative estimate of drug-likeness (QED) is 0.794. The van der Waals surface area contributed by atoms with Crippen LogP contribution >= 0.6 is 35.0 Å². The maximum Gasteiger partial charge on any atom is 0.0787 e. The molecule has 0 aliphatic carbocycles. The number of benzene rings is 2. The molecule has 1 unspecified atom stereocenters. The van der Waals surface area contributed by atoms with E-state index >= 15 is 0 Å². The van der Waals surface area contributed by atoms with Crippen LogP contribution < -0.4 is 0 Å². The van der Waals surface area contributed by atoms with Gasteiger partial charge in [-0.25, -0.2) is 0 Å². The molecule has 2 rings (SSSR count).